The zero-order chi connectivity index (χ0) is 9.03. The molecule has 1 aliphatic heterocycles. The van der Waals surface area contributed by atoms with Crippen molar-refractivity contribution in [3.63, 3.8) is 0 Å². The van der Waals surface area contributed by atoms with Gasteiger partial charge in [0.25, 0.3) is 0 Å². The first kappa shape index (κ1) is 9.46. The highest BCUT2D eigenvalue weighted by Gasteiger charge is 2.34. The van der Waals surface area contributed by atoms with Crippen LogP contribution in [0.5, 0.6) is 0 Å². The Morgan fingerprint density at radius 3 is 2.58 bits per heavy atom. The van der Waals surface area contributed by atoms with Gasteiger partial charge in [-0.15, -0.1) is 0 Å². The van der Waals surface area contributed by atoms with Crippen LogP contribution >= 0.6 is 0 Å². The van der Waals surface area contributed by atoms with Crippen LogP contribution in [0.2, 0.25) is 0 Å². The van der Waals surface area contributed by atoms with Crippen LogP contribution in [0.1, 0.15) is 13.3 Å². The summed E-state index contributed by atoms with van der Waals surface area (Å²) in [4.78, 5) is 0. The van der Waals surface area contributed by atoms with Crippen molar-refractivity contribution in [1.29, 1.82) is 5.26 Å². The average Bonchev–Trinajstić information content (AvgIpc) is 2.07. The van der Waals surface area contributed by atoms with Crippen LogP contribution < -0.4 is 11.2 Å². The molecule has 0 saturated carbocycles. The monoisotopic (exact) mass is 169 g/mol. The van der Waals surface area contributed by atoms with E-state index in [1.165, 1.54) is 0 Å². The number of quaternary nitrogens is 1. The number of hydrogen-bond donors (Lipinski definition) is 2. The Morgan fingerprint density at radius 1 is 1.58 bits per heavy atom. The molecule has 0 bridgehead atoms. The largest absolute Gasteiger partial charge is 0.306 e. The Balaban J connectivity index is 2.61. The summed E-state index contributed by atoms with van der Waals surface area (Å²) in [6.07, 6.45) is 0.840. The third-order valence-electron chi connectivity index (χ3n) is 2.57. The predicted octanol–water partition coefficient (Wildman–Crippen LogP) is -0.418. The molecule has 0 spiro atoms. The van der Waals surface area contributed by atoms with Crippen molar-refractivity contribution in [2.75, 3.05) is 26.2 Å². The Hall–Kier alpha value is -0.630. The van der Waals surface area contributed by atoms with Crippen molar-refractivity contribution in [3.8, 4) is 6.07 Å². The maximum atomic E-state index is 8.88. The molecule has 0 aromatic heterocycles. The molecular weight excluding hydrogens is 152 g/mol. The molecule has 0 aromatic carbocycles. The van der Waals surface area contributed by atoms with Crippen molar-refractivity contribution >= 4 is 0 Å². The third-order valence-corrected chi connectivity index (χ3v) is 2.57. The summed E-state index contributed by atoms with van der Waals surface area (Å²) in [6.45, 7) is 5.60. The van der Waals surface area contributed by atoms with Gasteiger partial charge in [-0.05, 0) is 0 Å². The van der Waals surface area contributed by atoms with Crippen LogP contribution in [0, 0.1) is 11.3 Å². The molecule has 3 N–H and O–H groups in total. The smallest absolute Gasteiger partial charge is 0.193 e. The van der Waals surface area contributed by atoms with Gasteiger partial charge >= 0.3 is 0 Å². The second-order valence-electron chi connectivity index (χ2n) is 3.35. The van der Waals surface area contributed by atoms with Gasteiger partial charge < -0.3 is 5.32 Å². The minimum atomic E-state index is -0.0351. The first-order chi connectivity index (χ1) is 5.73. The van der Waals surface area contributed by atoms with Crippen LogP contribution in [0.25, 0.3) is 0 Å². The van der Waals surface area contributed by atoms with Crippen LogP contribution in [0.4, 0.5) is 0 Å². The van der Waals surface area contributed by atoms with Gasteiger partial charge in [0.1, 0.15) is 19.2 Å². The number of nitriles is 1. The fourth-order valence-corrected chi connectivity index (χ4v) is 1.69. The Labute approximate surface area is 73.5 Å². The SMILES string of the molecule is CCC(C#N)[N+]1(N)CCNCC1. The number of nitrogens with two attached hydrogens (primary N) is 1. The predicted molar refractivity (Wildman–Crippen MR) is 46.7 cm³/mol. The molecule has 1 fully saturated rings. The van der Waals surface area contributed by atoms with E-state index < -0.39 is 0 Å². The van der Waals surface area contributed by atoms with Gasteiger partial charge in [0, 0.05) is 19.5 Å². The number of rotatable bonds is 2. The number of piperazine rings is 1. The Bertz CT molecular complexity index is 178. The van der Waals surface area contributed by atoms with E-state index in [1.54, 1.807) is 0 Å². The summed E-state index contributed by atoms with van der Waals surface area (Å²) in [6, 6.07) is 2.25. The standard InChI is InChI=1S/C8H17N4/c1-2-8(7-9)12(10)5-3-11-4-6-12/h8,11H,2-6,10H2,1H3/q+1. The topological polar surface area (TPSA) is 61.8 Å². The lowest BCUT2D eigenvalue weighted by Gasteiger charge is -2.39. The van der Waals surface area contributed by atoms with E-state index in [4.69, 9.17) is 11.1 Å². The van der Waals surface area contributed by atoms with Gasteiger partial charge in [-0.2, -0.15) is 11.1 Å². The average molecular weight is 169 g/mol. The minimum absolute atomic E-state index is 0.0351. The van der Waals surface area contributed by atoms with Gasteiger partial charge in [-0.3, -0.25) is 0 Å². The number of nitrogens with zero attached hydrogens (tertiary/aromatic N) is 2. The molecular formula is C8H17N4+. The van der Waals surface area contributed by atoms with E-state index in [2.05, 4.69) is 11.4 Å². The van der Waals surface area contributed by atoms with Crippen molar-refractivity contribution in [3.05, 3.63) is 0 Å². The fourth-order valence-electron chi connectivity index (χ4n) is 1.69. The summed E-state index contributed by atoms with van der Waals surface area (Å²) in [5.74, 6) is 6.10. The second-order valence-corrected chi connectivity index (χ2v) is 3.35. The first-order valence-electron chi connectivity index (χ1n) is 4.48. The van der Waals surface area contributed by atoms with Gasteiger partial charge in [-0.1, -0.05) is 6.92 Å². The van der Waals surface area contributed by atoms with E-state index in [0.29, 0.717) is 4.59 Å². The maximum Gasteiger partial charge on any atom is 0.193 e. The molecule has 0 aromatic rings. The molecule has 68 valence electrons. The molecule has 0 aliphatic carbocycles. The molecule has 0 amide bonds. The van der Waals surface area contributed by atoms with E-state index in [1.807, 2.05) is 6.92 Å². The molecule has 1 aliphatic rings. The van der Waals surface area contributed by atoms with Crippen molar-refractivity contribution in [1.82, 2.24) is 5.32 Å². The number of hydrogen-bond acceptors (Lipinski definition) is 3. The van der Waals surface area contributed by atoms with Crippen LogP contribution in [-0.2, 0) is 0 Å². The summed E-state index contributed by atoms with van der Waals surface area (Å²) in [7, 11) is 0. The van der Waals surface area contributed by atoms with Crippen LogP contribution in [-0.4, -0.2) is 36.8 Å². The molecule has 4 nitrogen and oxygen atoms in total. The third kappa shape index (κ3) is 1.75. The lowest BCUT2D eigenvalue weighted by Crippen LogP contribution is -2.67. The highest BCUT2D eigenvalue weighted by molar-refractivity contribution is 4.83. The Kier molecular flexibility index (Phi) is 3.04. The van der Waals surface area contributed by atoms with Crippen molar-refractivity contribution in [2.45, 2.75) is 19.4 Å². The quantitative estimate of drug-likeness (QED) is 0.436. The first-order valence-corrected chi connectivity index (χ1v) is 4.48. The van der Waals surface area contributed by atoms with Gasteiger partial charge in [-0.25, -0.2) is 4.59 Å². The maximum absolute atomic E-state index is 8.88. The van der Waals surface area contributed by atoms with Gasteiger partial charge in [0.2, 0.25) is 0 Å². The summed E-state index contributed by atoms with van der Waals surface area (Å²) < 4.78 is 0.431. The molecule has 1 atom stereocenters. The molecule has 1 rings (SSSR count). The van der Waals surface area contributed by atoms with Crippen molar-refractivity contribution < 1.29 is 4.59 Å². The minimum Gasteiger partial charge on any atom is -0.306 e. The molecule has 12 heavy (non-hydrogen) atoms. The number of nitrogens with one attached hydrogen (secondary N) is 1. The zero-order valence-corrected chi connectivity index (χ0v) is 7.58. The van der Waals surface area contributed by atoms with Crippen molar-refractivity contribution in [2.24, 2.45) is 5.84 Å². The summed E-state index contributed by atoms with van der Waals surface area (Å²) in [5.41, 5.74) is 0. The van der Waals surface area contributed by atoms with Gasteiger partial charge in [0.15, 0.2) is 6.04 Å². The fraction of sp³-hybridized carbons (Fsp3) is 0.875. The lowest BCUT2D eigenvalue weighted by molar-refractivity contribution is -0.957. The molecule has 0 radical (unpaired) electrons. The summed E-state index contributed by atoms with van der Waals surface area (Å²) >= 11 is 0. The van der Waals surface area contributed by atoms with Gasteiger partial charge in [0.05, 0.1) is 0 Å². The summed E-state index contributed by atoms with van der Waals surface area (Å²) in [5, 5.41) is 12.1. The molecule has 1 unspecified atom stereocenters. The van der Waals surface area contributed by atoms with E-state index in [-0.39, 0.29) is 6.04 Å². The van der Waals surface area contributed by atoms with Crippen LogP contribution in [0.15, 0.2) is 0 Å². The Morgan fingerprint density at radius 2 is 2.17 bits per heavy atom. The highest BCUT2D eigenvalue weighted by atomic mass is 15.6. The van der Waals surface area contributed by atoms with E-state index in [0.717, 1.165) is 32.6 Å². The highest BCUT2D eigenvalue weighted by Crippen LogP contribution is 2.10. The second kappa shape index (κ2) is 3.85. The molecule has 4 heteroatoms. The van der Waals surface area contributed by atoms with E-state index in [9.17, 15) is 0 Å². The normalized spacial score (nSPS) is 24.4. The zero-order valence-electron chi connectivity index (χ0n) is 7.58. The van der Waals surface area contributed by atoms with Crippen LogP contribution in [0.3, 0.4) is 0 Å². The lowest BCUT2D eigenvalue weighted by atomic mass is 10.1. The van der Waals surface area contributed by atoms with E-state index >= 15 is 0 Å². The molecule has 1 saturated heterocycles. The molecule has 1 heterocycles.